The smallest absolute Gasteiger partial charge is 0.255 e. The summed E-state index contributed by atoms with van der Waals surface area (Å²) in [6, 6.07) is 8.43. The van der Waals surface area contributed by atoms with Crippen molar-refractivity contribution in [2.75, 3.05) is 12.3 Å². The minimum Gasteiger partial charge on any atom is -0.390 e. The van der Waals surface area contributed by atoms with E-state index in [2.05, 4.69) is 28.2 Å². The molecule has 2 aliphatic rings. The van der Waals surface area contributed by atoms with Crippen LogP contribution in [0.1, 0.15) is 68.3 Å². The first-order chi connectivity index (χ1) is 15.2. The number of nitrogen functional groups attached to an aromatic ring is 1. The Bertz CT molecular complexity index is 984. The van der Waals surface area contributed by atoms with E-state index >= 15 is 0 Å². The number of carbonyl (C=O) groups excluding carboxylic acids is 1. The van der Waals surface area contributed by atoms with Crippen LogP contribution in [0.4, 0.5) is 5.82 Å². The quantitative estimate of drug-likeness (QED) is 0.620. The summed E-state index contributed by atoms with van der Waals surface area (Å²) in [5.74, 6) is -0.0195. The fourth-order valence-corrected chi connectivity index (χ4v) is 5.00. The number of pyridine rings is 1. The molecule has 2 aromatic rings. The van der Waals surface area contributed by atoms with Crippen LogP contribution in [0.2, 0.25) is 5.02 Å². The van der Waals surface area contributed by atoms with Gasteiger partial charge in [0.15, 0.2) is 0 Å². The number of carbonyl (C=O) groups is 1. The molecule has 172 valence electrons. The number of nitrogens with two attached hydrogens (primary N) is 1. The van der Waals surface area contributed by atoms with Crippen molar-refractivity contribution in [2.45, 2.75) is 76.6 Å². The third-order valence-corrected chi connectivity index (χ3v) is 7.36. The Kier molecular flexibility index (Phi) is 6.75. The van der Waals surface area contributed by atoms with Gasteiger partial charge in [0.1, 0.15) is 5.82 Å². The lowest BCUT2D eigenvalue weighted by Gasteiger charge is -2.33. The van der Waals surface area contributed by atoms with Gasteiger partial charge in [0.2, 0.25) is 0 Å². The highest BCUT2D eigenvalue weighted by Crippen LogP contribution is 2.30. The highest BCUT2D eigenvalue weighted by Gasteiger charge is 2.30. The Morgan fingerprint density at radius 2 is 2.03 bits per heavy atom. The van der Waals surface area contributed by atoms with Gasteiger partial charge in [-0.3, -0.25) is 9.69 Å². The van der Waals surface area contributed by atoms with Gasteiger partial charge in [0.25, 0.3) is 5.91 Å². The Hall–Kier alpha value is -2.15. The molecule has 1 aromatic heterocycles. The number of halogens is 1. The highest BCUT2D eigenvalue weighted by atomic mass is 35.5. The van der Waals surface area contributed by atoms with Gasteiger partial charge in [-0.2, -0.15) is 0 Å². The van der Waals surface area contributed by atoms with Crippen molar-refractivity contribution in [3.8, 4) is 11.1 Å². The predicted octanol–water partition coefficient (Wildman–Crippen LogP) is 4.39. The SMILES string of the molecule is CC1CCCN1Cc1ccc(-c2cnc(N)c(C(=O)NC3CCC(C)(O)CC3)c2)cc1Cl. The van der Waals surface area contributed by atoms with E-state index in [0.717, 1.165) is 47.6 Å². The molecule has 0 radical (unpaired) electrons. The summed E-state index contributed by atoms with van der Waals surface area (Å²) in [7, 11) is 0. The van der Waals surface area contributed by atoms with Crippen molar-refractivity contribution in [2.24, 2.45) is 0 Å². The molecule has 1 aliphatic heterocycles. The summed E-state index contributed by atoms with van der Waals surface area (Å²) < 4.78 is 0. The zero-order valence-electron chi connectivity index (χ0n) is 18.9. The number of benzene rings is 1. The molecule has 0 spiro atoms. The van der Waals surface area contributed by atoms with E-state index in [9.17, 15) is 9.90 Å². The normalized spacial score (nSPS) is 26.2. The molecule has 1 saturated carbocycles. The van der Waals surface area contributed by atoms with Crippen LogP contribution in [0, 0.1) is 0 Å². The van der Waals surface area contributed by atoms with Crippen LogP contribution >= 0.6 is 11.6 Å². The molecule has 1 atom stereocenters. The first kappa shape index (κ1) is 23.0. The number of amides is 1. The molecule has 2 heterocycles. The highest BCUT2D eigenvalue weighted by molar-refractivity contribution is 6.31. The molecule has 1 unspecified atom stereocenters. The number of likely N-dealkylation sites (tertiary alicyclic amines) is 1. The Morgan fingerprint density at radius 1 is 1.28 bits per heavy atom. The first-order valence-corrected chi connectivity index (χ1v) is 11.9. The summed E-state index contributed by atoms with van der Waals surface area (Å²) in [5, 5.41) is 13.9. The topological polar surface area (TPSA) is 91.5 Å². The van der Waals surface area contributed by atoms with Gasteiger partial charge in [0, 0.05) is 35.4 Å². The average Bonchev–Trinajstić information content (AvgIpc) is 3.16. The average molecular weight is 457 g/mol. The van der Waals surface area contributed by atoms with Crippen molar-refractivity contribution < 1.29 is 9.90 Å². The number of hydrogen-bond acceptors (Lipinski definition) is 5. The Labute approximate surface area is 195 Å². The second-order valence-electron chi connectivity index (χ2n) is 9.67. The summed E-state index contributed by atoms with van der Waals surface area (Å²) in [5.41, 5.74) is 8.58. The number of rotatable bonds is 5. The largest absolute Gasteiger partial charge is 0.390 e. The minimum absolute atomic E-state index is 0.0347. The van der Waals surface area contributed by atoms with Crippen LogP contribution in [-0.4, -0.2) is 45.1 Å². The van der Waals surface area contributed by atoms with E-state index < -0.39 is 5.60 Å². The maximum Gasteiger partial charge on any atom is 0.255 e. The van der Waals surface area contributed by atoms with E-state index in [1.54, 1.807) is 12.3 Å². The standard InChI is InChI=1S/C25H33ClN4O2/c1-16-4-3-11-30(16)15-18-6-5-17(13-22(18)26)19-12-21(23(27)28-14-19)24(31)29-20-7-9-25(2,32)10-8-20/h5-6,12-14,16,20,32H,3-4,7-11,15H2,1-2H3,(H2,27,28)(H,29,31). The van der Waals surface area contributed by atoms with Gasteiger partial charge in [-0.15, -0.1) is 0 Å². The summed E-state index contributed by atoms with van der Waals surface area (Å²) >= 11 is 6.62. The summed E-state index contributed by atoms with van der Waals surface area (Å²) in [4.78, 5) is 19.6. The van der Waals surface area contributed by atoms with Crippen LogP contribution in [0.15, 0.2) is 30.5 Å². The molecule has 32 heavy (non-hydrogen) atoms. The zero-order valence-corrected chi connectivity index (χ0v) is 19.7. The number of aromatic nitrogens is 1. The first-order valence-electron chi connectivity index (χ1n) is 11.5. The third-order valence-electron chi connectivity index (χ3n) is 7.01. The zero-order chi connectivity index (χ0) is 22.9. The molecule has 0 bridgehead atoms. The lowest BCUT2D eigenvalue weighted by Crippen LogP contribution is -2.42. The third kappa shape index (κ3) is 5.25. The van der Waals surface area contributed by atoms with Crippen LogP contribution < -0.4 is 11.1 Å². The molecule has 2 fully saturated rings. The minimum atomic E-state index is -0.639. The van der Waals surface area contributed by atoms with E-state index in [4.69, 9.17) is 17.3 Å². The Balaban J connectivity index is 1.48. The number of hydrogen-bond donors (Lipinski definition) is 3. The van der Waals surface area contributed by atoms with Crippen LogP contribution in [-0.2, 0) is 6.54 Å². The lowest BCUT2D eigenvalue weighted by atomic mass is 9.83. The lowest BCUT2D eigenvalue weighted by molar-refractivity contribution is 0.0140. The molecule has 7 heteroatoms. The van der Waals surface area contributed by atoms with Gasteiger partial charge in [-0.05, 0) is 82.2 Å². The molecule has 4 rings (SSSR count). The summed E-state index contributed by atoms with van der Waals surface area (Å²) in [6.07, 6.45) is 6.99. The van der Waals surface area contributed by atoms with Gasteiger partial charge < -0.3 is 16.2 Å². The van der Waals surface area contributed by atoms with E-state index in [-0.39, 0.29) is 17.8 Å². The van der Waals surface area contributed by atoms with Gasteiger partial charge in [-0.1, -0.05) is 23.7 Å². The molecule has 1 aliphatic carbocycles. The fraction of sp³-hybridized carbons (Fsp3) is 0.520. The van der Waals surface area contributed by atoms with Crippen LogP contribution in [0.5, 0.6) is 0 Å². The van der Waals surface area contributed by atoms with E-state index in [1.165, 1.54) is 12.8 Å². The number of nitrogens with zero attached hydrogens (tertiary/aromatic N) is 2. The van der Waals surface area contributed by atoms with Crippen LogP contribution in [0.25, 0.3) is 11.1 Å². The summed E-state index contributed by atoms with van der Waals surface area (Å²) in [6.45, 7) is 6.07. The monoisotopic (exact) mass is 456 g/mol. The molecule has 4 N–H and O–H groups in total. The van der Waals surface area contributed by atoms with Gasteiger partial charge in [-0.25, -0.2) is 4.98 Å². The molecule has 1 saturated heterocycles. The van der Waals surface area contributed by atoms with Crippen molar-refractivity contribution >= 4 is 23.3 Å². The maximum absolute atomic E-state index is 12.9. The molecule has 1 aromatic carbocycles. The number of nitrogens with one attached hydrogen (secondary N) is 1. The van der Waals surface area contributed by atoms with Gasteiger partial charge in [0.05, 0.1) is 11.2 Å². The van der Waals surface area contributed by atoms with Crippen molar-refractivity contribution in [1.82, 2.24) is 15.2 Å². The predicted molar refractivity (Wildman–Crippen MR) is 129 cm³/mol. The maximum atomic E-state index is 12.9. The second kappa shape index (κ2) is 9.38. The molecular formula is C25H33ClN4O2. The van der Waals surface area contributed by atoms with Crippen molar-refractivity contribution in [1.29, 1.82) is 0 Å². The van der Waals surface area contributed by atoms with E-state index in [0.29, 0.717) is 24.4 Å². The number of aliphatic hydroxyl groups is 1. The van der Waals surface area contributed by atoms with Crippen LogP contribution in [0.3, 0.4) is 0 Å². The van der Waals surface area contributed by atoms with Gasteiger partial charge >= 0.3 is 0 Å². The van der Waals surface area contributed by atoms with Crippen molar-refractivity contribution in [3.63, 3.8) is 0 Å². The van der Waals surface area contributed by atoms with E-state index in [1.807, 2.05) is 19.1 Å². The number of anilines is 1. The Morgan fingerprint density at radius 3 is 2.69 bits per heavy atom. The second-order valence-corrected chi connectivity index (χ2v) is 10.1. The fourth-order valence-electron chi connectivity index (χ4n) is 4.76. The molecular weight excluding hydrogens is 424 g/mol. The molecule has 6 nitrogen and oxygen atoms in total. The van der Waals surface area contributed by atoms with Crippen molar-refractivity contribution in [3.05, 3.63) is 46.6 Å². The molecule has 1 amide bonds.